The van der Waals surface area contributed by atoms with Crippen LogP contribution in [0.1, 0.15) is 66.2 Å². The summed E-state index contributed by atoms with van der Waals surface area (Å²) in [6.07, 6.45) is 7.21. The van der Waals surface area contributed by atoms with Crippen LogP contribution in [0.3, 0.4) is 0 Å². The molecule has 4 fully saturated rings. The minimum absolute atomic E-state index is 0.0156. The Morgan fingerprint density at radius 3 is 2.17 bits per heavy atom. The Morgan fingerprint density at radius 2 is 1.70 bits per heavy atom. The van der Waals surface area contributed by atoms with Gasteiger partial charge in [0.25, 0.3) is 0 Å². The lowest BCUT2D eigenvalue weighted by atomic mass is 9.50. The molecule has 0 saturated heterocycles. The molecule has 1 amide bonds. The summed E-state index contributed by atoms with van der Waals surface area (Å²) in [5, 5.41) is 17.9. The SMILES string of the molecule is CC(=O)NC(C)(C)CC(C)NCC1(O)C2CC3CC(C2)CC1C3. The molecule has 0 radical (unpaired) electrons. The highest BCUT2D eigenvalue weighted by atomic mass is 16.3. The van der Waals surface area contributed by atoms with Crippen LogP contribution in [-0.4, -0.2) is 34.7 Å². The van der Waals surface area contributed by atoms with Crippen LogP contribution in [0.15, 0.2) is 0 Å². The maximum Gasteiger partial charge on any atom is 0.217 e. The average Bonchev–Trinajstić information content (AvgIpc) is 2.40. The largest absolute Gasteiger partial charge is 0.388 e. The van der Waals surface area contributed by atoms with Crippen molar-refractivity contribution < 1.29 is 9.90 Å². The summed E-state index contributed by atoms with van der Waals surface area (Å²) in [6.45, 7) is 8.55. The van der Waals surface area contributed by atoms with Crippen molar-refractivity contribution in [3.63, 3.8) is 0 Å². The summed E-state index contributed by atoms with van der Waals surface area (Å²) in [5.74, 6) is 2.79. The molecule has 0 aromatic rings. The van der Waals surface area contributed by atoms with E-state index < -0.39 is 5.60 Å². The van der Waals surface area contributed by atoms with E-state index in [0.29, 0.717) is 18.4 Å². The van der Waals surface area contributed by atoms with E-state index in [4.69, 9.17) is 0 Å². The normalized spacial score (nSPS) is 40.2. The molecule has 3 N–H and O–H groups in total. The van der Waals surface area contributed by atoms with Crippen LogP contribution in [-0.2, 0) is 4.79 Å². The number of rotatable bonds is 6. The van der Waals surface area contributed by atoms with Crippen LogP contribution in [0.4, 0.5) is 0 Å². The molecular weight excluding hydrogens is 288 g/mol. The molecule has 23 heavy (non-hydrogen) atoms. The number of carbonyl (C=O) groups is 1. The topological polar surface area (TPSA) is 61.4 Å². The first-order chi connectivity index (χ1) is 10.7. The van der Waals surface area contributed by atoms with E-state index in [1.54, 1.807) is 6.92 Å². The summed E-state index contributed by atoms with van der Waals surface area (Å²) in [7, 11) is 0. The predicted molar refractivity (Wildman–Crippen MR) is 92.0 cm³/mol. The molecule has 0 aliphatic heterocycles. The first-order valence-electron chi connectivity index (χ1n) is 9.42. The lowest BCUT2D eigenvalue weighted by Gasteiger charge is -2.59. The Balaban J connectivity index is 1.54. The summed E-state index contributed by atoms with van der Waals surface area (Å²) in [6, 6.07) is 0.276. The maximum absolute atomic E-state index is 11.3. The van der Waals surface area contributed by atoms with Crippen molar-refractivity contribution in [2.75, 3.05) is 6.54 Å². The monoisotopic (exact) mass is 322 g/mol. The molecule has 0 aromatic heterocycles. The van der Waals surface area contributed by atoms with Gasteiger partial charge in [-0.2, -0.15) is 0 Å². The van der Waals surface area contributed by atoms with Gasteiger partial charge in [-0.25, -0.2) is 0 Å². The van der Waals surface area contributed by atoms with Gasteiger partial charge >= 0.3 is 0 Å². The van der Waals surface area contributed by atoms with Crippen molar-refractivity contribution in [2.24, 2.45) is 23.7 Å². The smallest absolute Gasteiger partial charge is 0.217 e. The van der Waals surface area contributed by atoms with E-state index in [0.717, 1.165) is 18.3 Å². The predicted octanol–water partition coefficient (Wildman–Crippen LogP) is 2.46. The van der Waals surface area contributed by atoms with Crippen molar-refractivity contribution in [3.8, 4) is 0 Å². The molecule has 4 rings (SSSR count). The third kappa shape index (κ3) is 3.58. The van der Waals surface area contributed by atoms with Gasteiger partial charge in [0.2, 0.25) is 5.91 Å². The number of hydrogen-bond acceptors (Lipinski definition) is 3. The van der Waals surface area contributed by atoms with Crippen molar-refractivity contribution in [2.45, 2.75) is 83.4 Å². The van der Waals surface area contributed by atoms with Crippen molar-refractivity contribution in [3.05, 3.63) is 0 Å². The fourth-order valence-electron chi connectivity index (χ4n) is 5.99. The third-order valence-electron chi connectivity index (χ3n) is 6.62. The molecule has 4 saturated carbocycles. The van der Waals surface area contributed by atoms with Gasteiger partial charge in [-0.3, -0.25) is 4.79 Å². The Labute approximate surface area is 140 Å². The van der Waals surface area contributed by atoms with Crippen LogP contribution in [0.25, 0.3) is 0 Å². The summed E-state index contributed by atoms with van der Waals surface area (Å²) in [5.41, 5.74) is -0.717. The first kappa shape index (κ1) is 17.2. The van der Waals surface area contributed by atoms with E-state index in [1.165, 1.54) is 32.1 Å². The van der Waals surface area contributed by atoms with Gasteiger partial charge in [0.05, 0.1) is 5.60 Å². The minimum Gasteiger partial charge on any atom is -0.388 e. The van der Waals surface area contributed by atoms with Gasteiger partial charge in [-0.1, -0.05) is 0 Å². The van der Waals surface area contributed by atoms with Crippen LogP contribution >= 0.6 is 0 Å². The summed E-state index contributed by atoms with van der Waals surface area (Å²) >= 11 is 0. The molecular formula is C19H34N2O2. The molecule has 4 heteroatoms. The zero-order valence-corrected chi connectivity index (χ0v) is 15.2. The lowest BCUT2D eigenvalue weighted by molar-refractivity contribution is -0.170. The Bertz CT molecular complexity index is 432. The first-order valence-corrected chi connectivity index (χ1v) is 9.42. The van der Waals surface area contributed by atoms with Gasteiger partial charge < -0.3 is 15.7 Å². The molecule has 1 unspecified atom stereocenters. The highest BCUT2D eigenvalue weighted by Gasteiger charge is 2.56. The number of aliphatic hydroxyl groups is 1. The van der Waals surface area contributed by atoms with Crippen LogP contribution in [0.5, 0.6) is 0 Å². The fraction of sp³-hybridized carbons (Fsp3) is 0.947. The van der Waals surface area contributed by atoms with E-state index in [-0.39, 0.29) is 17.5 Å². The van der Waals surface area contributed by atoms with Gasteiger partial charge in [-0.15, -0.1) is 0 Å². The molecule has 4 bridgehead atoms. The Kier molecular flexibility index (Phi) is 4.52. The summed E-state index contributed by atoms with van der Waals surface area (Å²) < 4.78 is 0. The molecule has 4 nitrogen and oxygen atoms in total. The molecule has 132 valence electrons. The van der Waals surface area contributed by atoms with Crippen molar-refractivity contribution in [1.82, 2.24) is 10.6 Å². The molecule has 4 aliphatic carbocycles. The van der Waals surface area contributed by atoms with Gasteiger partial charge in [0, 0.05) is 25.0 Å². The molecule has 1 atom stereocenters. The van der Waals surface area contributed by atoms with Crippen LogP contribution in [0, 0.1) is 23.7 Å². The van der Waals surface area contributed by atoms with Gasteiger partial charge in [0.1, 0.15) is 0 Å². The fourth-order valence-corrected chi connectivity index (χ4v) is 5.99. The van der Waals surface area contributed by atoms with E-state index >= 15 is 0 Å². The Hall–Kier alpha value is -0.610. The number of nitrogens with one attached hydrogen (secondary N) is 2. The molecule has 0 heterocycles. The van der Waals surface area contributed by atoms with Crippen molar-refractivity contribution >= 4 is 5.91 Å². The second-order valence-electron chi connectivity index (χ2n) is 9.35. The summed E-state index contributed by atoms with van der Waals surface area (Å²) in [4.78, 5) is 11.3. The quantitative estimate of drug-likeness (QED) is 0.704. The molecule has 0 aromatic carbocycles. The minimum atomic E-state index is -0.500. The lowest BCUT2D eigenvalue weighted by Crippen LogP contribution is -2.62. The highest BCUT2D eigenvalue weighted by molar-refractivity contribution is 5.73. The molecule has 4 aliphatic rings. The second kappa shape index (κ2) is 6.03. The maximum atomic E-state index is 11.3. The highest BCUT2D eigenvalue weighted by Crippen LogP contribution is 2.58. The van der Waals surface area contributed by atoms with Gasteiger partial charge in [0.15, 0.2) is 0 Å². The van der Waals surface area contributed by atoms with Crippen LogP contribution < -0.4 is 10.6 Å². The second-order valence-corrected chi connectivity index (χ2v) is 9.35. The number of hydrogen-bond donors (Lipinski definition) is 3. The zero-order valence-electron chi connectivity index (χ0n) is 15.2. The Morgan fingerprint density at radius 1 is 1.17 bits per heavy atom. The van der Waals surface area contributed by atoms with E-state index in [9.17, 15) is 9.90 Å². The van der Waals surface area contributed by atoms with E-state index in [2.05, 4.69) is 31.4 Å². The van der Waals surface area contributed by atoms with Crippen molar-refractivity contribution in [1.29, 1.82) is 0 Å². The number of amides is 1. The van der Waals surface area contributed by atoms with E-state index in [1.807, 2.05) is 0 Å². The third-order valence-corrected chi connectivity index (χ3v) is 6.62. The number of carbonyl (C=O) groups excluding carboxylic acids is 1. The standard InChI is InChI=1S/C19H34N2O2/c1-12(10-18(3,4)21-13(2)22)20-11-19(23)16-6-14-5-15(8-16)9-17(19)7-14/h12,14-17,20,23H,5-11H2,1-4H3,(H,21,22). The van der Waals surface area contributed by atoms with Gasteiger partial charge in [-0.05, 0) is 83.0 Å². The van der Waals surface area contributed by atoms with Crippen LogP contribution in [0.2, 0.25) is 0 Å². The average molecular weight is 322 g/mol. The zero-order chi connectivity index (χ0) is 16.8. The molecule has 0 spiro atoms.